The SMILES string of the molecule is CC1(C(=O)N(CC(=O)NCc2ccc(F)cc2)C2CCCC2)CC(=O)N=C2C=CC=CN21. The Morgan fingerprint density at radius 3 is 2.66 bits per heavy atom. The fraction of sp³-hybridized carbons (Fsp3) is 0.417. The first kappa shape index (κ1) is 21.9. The Balaban J connectivity index is 1.51. The van der Waals surface area contributed by atoms with Crippen molar-refractivity contribution in [1.29, 1.82) is 0 Å². The van der Waals surface area contributed by atoms with Crippen molar-refractivity contribution in [3.8, 4) is 0 Å². The summed E-state index contributed by atoms with van der Waals surface area (Å²) >= 11 is 0. The molecule has 1 atom stereocenters. The molecule has 1 aromatic rings. The van der Waals surface area contributed by atoms with Crippen molar-refractivity contribution < 1.29 is 18.8 Å². The van der Waals surface area contributed by atoms with Crippen molar-refractivity contribution in [3.63, 3.8) is 0 Å². The lowest BCUT2D eigenvalue weighted by molar-refractivity contribution is -0.148. The summed E-state index contributed by atoms with van der Waals surface area (Å²) in [5, 5.41) is 2.82. The van der Waals surface area contributed by atoms with Crippen LogP contribution in [-0.4, -0.2) is 51.5 Å². The van der Waals surface area contributed by atoms with Crippen LogP contribution in [0.15, 0.2) is 53.7 Å². The van der Waals surface area contributed by atoms with Crippen molar-refractivity contribution in [2.45, 2.75) is 57.2 Å². The van der Waals surface area contributed by atoms with Gasteiger partial charge in [0.15, 0.2) is 0 Å². The minimum Gasteiger partial charge on any atom is -0.350 e. The first-order valence-electron chi connectivity index (χ1n) is 10.9. The van der Waals surface area contributed by atoms with Gasteiger partial charge in [-0.3, -0.25) is 14.4 Å². The van der Waals surface area contributed by atoms with Crippen molar-refractivity contribution in [2.24, 2.45) is 4.99 Å². The number of aliphatic imine (C=N–C) groups is 1. The van der Waals surface area contributed by atoms with Gasteiger partial charge in [-0.2, -0.15) is 4.99 Å². The summed E-state index contributed by atoms with van der Waals surface area (Å²) in [6.45, 7) is 1.90. The van der Waals surface area contributed by atoms with E-state index in [-0.39, 0.29) is 49.1 Å². The van der Waals surface area contributed by atoms with Crippen LogP contribution in [0.5, 0.6) is 0 Å². The van der Waals surface area contributed by atoms with Gasteiger partial charge in [0.1, 0.15) is 17.2 Å². The molecular formula is C24H27FN4O3. The van der Waals surface area contributed by atoms with Crippen molar-refractivity contribution in [1.82, 2.24) is 15.1 Å². The zero-order valence-corrected chi connectivity index (χ0v) is 18.1. The van der Waals surface area contributed by atoms with Crippen LogP contribution < -0.4 is 5.32 Å². The number of amides is 3. The van der Waals surface area contributed by atoms with Gasteiger partial charge in [-0.25, -0.2) is 4.39 Å². The number of nitrogens with one attached hydrogen (secondary N) is 1. The Hall–Kier alpha value is -3.29. The number of hydrogen-bond acceptors (Lipinski definition) is 4. The third kappa shape index (κ3) is 4.49. The molecule has 3 aliphatic rings. The smallest absolute Gasteiger partial charge is 0.250 e. The van der Waals surface area contributed by atoms with Gasteiger partial charge in [0.2, 0.25) is 11.8 Å². The zero-order chi connectivity index (χ0) is 22.7. The molecule has 0 bridgehead atoms. The van der Waals surface area contributed by atoms with Gasteiger partial charge in [-0.15, -0.1) is 0 Å². The van der Waals surface area contributed by atoms with Crippen molar-refractivity contribution in [2.75, 3.05) is 6.54 Å². The van der Waals surface area contributed by atoms with Gasteiger partial charge >= 0.3 is 0 Å². The van der Waals surface area contributed by atoms with Gasteiger partial charge in [0.25, 0.3) is 5.91 Å². The highest BCUT2D eigenvalue weighted by Gasteiger charge is 2.48. The molecule has 1 unspecified atom stereocenters. The van der Waals surface area contributed by atoms with Crippen LogP contribution in [0.4, 0.5) is 4.39 Å². The van der Waals surface area contributed by atoms with Crippen LogP contribution in [0.3, 0.4) is 0 Å². The predicted octanol–water partition coefficient (Wildman–Crippen LogP) is 2.69. The standard InChI is InChI=1S/C24H27FN4O3/c1-24(14-21(30)27-20-8-4-5-13-29(20)24)23(32)28(19-6-2-3-7-19)16-22(31)26-15-17-9-11-18(25)12-10-17/h4-5,8-13,19H,2-3,6-7,14-16H2,1H3,(H,26,31). The lowest BCUT2D eigenvalue weighted by Gasteiger charge is -2.45. The zero-order valence-electron chi connectivity index (χ0n) is 18.1. The molecule has 7 nitrogen and oxygen atoms in total. The number of carbonyl (C=O) groups excluding carboxylic acids is 3. The molecule has 0 aromatic heterocycles. The van der Waals surface area contributed by atoms with Crippen LogP contribution >= 0.6 is 0 Å². The Labute approximate surface area is 186 Å². The van der Waals surface area contributed by atoms with E-state index in [4.69, 9.17) is 0 Å². The normalized spacial score (nSPS) is 22.5. The molecule has 0 spiro atoms. The molecule has 0 radical (unpaired) electrons. The summed E-state index contributed by atoms with van der Waals surface area (Å²) in [6, 6.07) is 5.87. The Morgan fingerprint density at radius 2 is 1.94 bits per heavy atom. The lowest BCUT2D eigenvalue weighted by atomic mass is 9.89. The molecule has 2 aliphatic heterocycles. The molecule has 1 aromatic carbocycles. The molecular weight excluding hydrogens is 411 g/mol. The average Bonchev–Trinajstić information content (AvgIpc) is 3.31. The van der Waals surface area contributed by atoms with E-state index in [1.807, 2.05) is 0 Å². The molecule has 32 heavy (non-hydrogen) atoms. The molecule has 1 aliphatic carbocycles. The fourth-order valence-electron chi connectivity index (χ4n) is 4.57. The maximum absolute atomic E-state index is 13.9. The van der Waals surface area contributed by atoms with Gasteiger partial charge in [0.05, 0.1) is 13.0 Å². The highest BCUT2D eigenvalue weighted by molar-refractivity contribution is 6.09. The first-order chi connectivity index (χ1) is 15.4. The highest BCUT2D eigenvalue weighted by atomic mass is 19.1. The quantitative estimate of drug-likeness (QED) is 0.741. The monoisotopic (exact) mass is 438 g/mol. The molecule has 2 heterocycles. The average molecular weight is 439 g/mol. The molecule has 168 valence electrons. The second-order valence-corrected chi connectivity index (χ2v) is 8.66. The van der Waals surface area contributed by atoms with Gasteiger partial charge in [-0.1, -0.05) is 31.1 Å². The minimum atomic E-state index is -1.14. The Morgan fingerprint density at radius 1 is 1.22 bits per heavy atom. The number of halogens is 1. The molecule has 8 heteroatoms. The third-order valence-electron chi connectivity index (χ3n) is 6.31. The lowest BCUT2D eigenvalue weighted by Crippen LogP contribution is -2.63. The number of amidine groups is 1. The number of carbonyl (C=O) groups is 3. The number of allylic oxidation sites excluding steroid dienone is 2. The summed E-state index contributed by atoms with van der Waals surface area (Å²) in [5.74, 6) is -0.783. The second kappa shape index (κ2) is 9.06. The first-order valence-corrected chi connectivity index (χ1v) is 10.9. The molecule has 4 rings (SSSR count). The van der Waals surface area contributed by atoms with Crippen LogP contribution in [-0.2, 0) is 20.9 Å². The van der Waals surface area contributed by atoms with E-state index < -0.39 is 5.54 Å². The summed E-state index contributed by atoms with van der Waals surface area (Å²) in [7, 11) is 0. The third-order valence-corrected chi connectivity index (χ3v) is 6.31. The van der Waals surface area contributed by atoms with E-state index in [2.05, 4.69) is 10.3 Å². The molecule has 0 saturated heterocycles. The van der Waals surface area contributed by atoms with Gasteiger partial charge in [-0.05, 0) is 49.6 Å². The minimum absolute atomic E-state index is 0.0439. The summed E-state index contributed by atoms with van der Waals surface area (Å²) in [4.78, 5) is 46.4. The van der Waals surface area contributed by atoms with Gasteiger partial charge < -0.3 is 15.1 Å². The number of fused-ring (bicyclic) bond motifs is 1. The van der Waals surface area contributed by atoms with Crippen LogP contribution in [0.25, 0.3) is 0 Å². The van der Waals surface area contributed by atoms with E-state index >= 15 is 0 Å². The largest absolute Gasteiger partial charge is 0.350 e. The maximum atomic E-state index is 13.9. The maximum Gasteiger partial charge on any atom is 0.250 e. The molecule has 1 saturated carbocycles. The van der Waals surface area contributed by atoms with Crippen molar-refractivity contribution >= 4 is 23.6 Å². The molecule has 1 N–H and O–H groups in total. The number of rotatable bonds is 6. The summed E-state index contributed by atoms with van der Waals surface area (Å²) in [5.41, 5.74) is -0.371. The summed E-state index contributed by atoms with van der Waals surface area (Å²) in [6.07, 6.45) is 10.7. The van der Waals surface area contributed by atoms with Crippen LogP contribution in [0.1, 0.15) is 44.6 Å². The number of benzene rings is 1. The second-order valence-electron chi connectivity index (χ2n) is 8.66. The highest BCUT2D eigenvalue weighted by Crippen LogP contribution is 2.33. The van der Waals surface area contributed by atoms with E-state index in [1.54, 1.807) is 53.3 Å². The van der Waals surface area contributed by atoms with Crippen molar-refractivity contribution in [3.05, 3.63) is 60.1 Å². The predicted molar refractivity (Wildman–Crippen MR) is 118 cm³/mol. The molecule has 1 fully saturated rings. The Bertz CT molecular complexity index is 995. The molecule has 3 amide bonds. The van der Waals surface area contributed by atoms with Crippen LogP contribution in [0, 0.1) is 5.82 Å². The summed E-state index contributed by atoms with van der Waals surface area (Å²) < 4.78 is 13.1. The number of hydrogen-bond donors (Lipinski definition) is 1. The van der Waals surface area contributed by atoms with Crippen LogP contribution in [0.2, 0.25) is 0 Å². The topological polar surface area (TPSA) is 82.1 Å². The van der Waals surface area contributed by atoms with E-state index in [9.17, 15) is 18.8 Å². The number of nitrogens with zero attached hydrogens (tertiary/aromatic N) is 3. The van der Waals surface area contributed by atoms with E-state index in [0.29, 0.717) is 5.84 Å². The fourth-order valence-corrected chi connectivity index (χ4v) is 4.57. The Kier molecular flexibility index (Phi) is 6.21. The van der Waals surface area contributed by atoms with E-state index in [0.717, 1.165) is 31.2 Å². The van der Waals surface area contributed by atoms with Gasteiger partial charge in [0, 0.05) is 18.8 Å². The van der Waals surface area contributed by atoms with E-state index in [1.165, 1.54) is 12.1 Å².